The van der Waals surface area contributed by atoms with Gasteiger partial charge in [-0.25, -0.2) is 18.7 Å². The smallest absolute Gasteiger partial charge is 0.242 e. The second-order valence-electron chi connectivity index (χ2n) is 8.35. The Morgan fingerprint density at radius 3 is 2.56 bits per heavy atom. The third kappa shape index (κ3) is 4.43. The van der Waals surface area contributed by atoms with E-state index in [1.807, 2.05) is 4.90 Å². The van der Waals surface area contributed by atoms with Crippen LogP contribution in [-0.2, 0) is 24.2 Å². The summed E-state index contributed by atoms with van der Waals surface area (Å²) in [6.07, 6.45) is 3.19. The number of nitrogens with zero attached hydrogens (tertiary/aromatic N) is 4. The number of imidazole rings is 1. The summed E-state index contributed by atoms with van der Waals surface area (Å²) in [5.74, 6) is -0.124. The summed E-state index contributed by atoms with van der Waals surface area (Å²) in [5, 5.41) is 0.565. The number of anilines is 1. The first-order valence-electron chi connectivity index (χ1n) is 11.0. The molecule has 34 heavy (non-hydrogen) atoms. The minimum absolute atomic E-state index is 0.0364. The number of halogens is 2. The van der Waals surface area contributed by atoms with E-state index in [9.17, 15) is 13.6 Å². The van der Waals surface area contributed by atoms with E-state index >= 15 is 0 Å². The van der Waals surface area contributed by atoms with Gasteiger partial charge >= 0.3 is 0 Å². The highest BCUT2D eigenvalue weighted by Gasteiger charge is 2.23. The number of nitrogens with two attached hydrogens (primary N) is 1. The Morgan fingerprint density at radius 1 is 1.06 bits per heavy atom. The van der Waals surface area contributed by atoms with E-state index in [0.717, 1.165) is 22.6 Å². The van der Waals surface area contributed by atoms with Gasteiger partial charge in [-0.1, -0.05) is 0 Å². The number of amides is 1. The lowest BCUT2D eigenvalue weighted by Crippen LogP contribution is -2.35. The predicted molar refractivity (Wildman–Crippen MR) is 128 cm³/mol. The predicted octanol–water partition coefficient (Wildman–Crippen LogP) is 4.47. The molecular formula is C25H23F2N5OS. The van der Waals surface area contributed by atoms with Gasteiger partial charge < -0.3 is 15.2 Å². The maximum Gasteiger partial charge on any atom is 0.242 e. The molecule has 2 N–H and O–H groups in total. The molecule has 0 unspecified atom stereocenters. The van der Waals surface area contributed by atoms with Crippen LogP contribution >= 0.6 is 11.3 Å². The Balaban J connectivity index is 1.44. The first-order chi connectivity index (χ1) is 16.4. The number of hydrogen-bond acceptors (Lipinski definition) is 5. The molecule has 0 bridgehead atoms. The number of fused-ring (bicyclic) bond motifs is 1. The number of benzene rings is 2. The molecule has 0 spiro atoms. The van der Waals surface area contributed by atoms with Crippen LogP contribution in [0.15, 0.2) is 48.7 Å². The zero-order valence-corrected chi connectivity index (χ0v) is 19.4. The summed E-state index contributed by atoms with van der Waals surface area (Å²) in [5.41, 5.74) is 9.37. The van der Waals surface area contributed by atoms with Crippen molar-refractivity contribution in [1.82, 2.24) is 19.4 Å². The molecule has 3 heterocycles. The van der Waals surface area contributed by atoms with Gasteiger partial charge in [0.15, 0.2) is 5.13 Å². The number of nitrogen functional groups attached to an aromatic ring is 1. The molecule has 6 nitrogen and oxygen atoms in total. The normalized spacial score (nSPS) is 13.6. The maximum absolute atomic E-state index is 13.8. The molecule has 9 heteroatoms. The van der Waals surface area contributed by atoms with Crippen molar-refractivity contribution < 1.29 is 13.6 Å². The molecule has 1 aliphatic heterocycles. The van der Waals surface area contributed by atoms with Crippen LogP contribution in [0.5, 0.6) is 0 Å². The van der Waals surface area contributed by atoms with Gasteiger partial charge in [-0.2, -0.15) is 0 Å². The number of aryl methyl sites for hydroxylation is 1. The fourth-order valence-electron chi connectivity index (χ4n) is 4.19. The molecule has 2 aromatic heterocycles. The van der Waals surface area contributed by atoms with E-state index in [4.69, 9.17) is 10.7 Å². The molecule has 174 valence electrons. The van der Waals surface area contributed by atoms with E-state index < -0.39 is 0 Å². The van der Waals surface area contributed by atoms with Crippen LogP contribution in [0.2, 0.25) is 0 Å². The van der Waals surface area contributed by atoms with Crippen LogP contribution < -0.4 is 5.73 Å². The second-order valence-corrected chi connectivity index (χ2v) is 9.47. The molecule has 0 fully saturated rings. The number of hydrogen-bond donors (Lipinski definition) is 1. The summed E-state index contributed by atoms with van der Waals surface area (Å²) < 4.78 is 29.1. The van der Waals surface area contributed by atoms with Gasteiger partial charge in [0.2, 0.25) is 5.91 Å². The van der Waals surface area contributed by atoms with Gasteiger partial charge in [0, 0.05) is 48.1 Å². The molecular weight excluding hydrogens is 456 g/mol. The molecule has 0 saturated heterocycles. The van der Waals surface area contributed by atoms with Crippen molar-refractivity contribution >= 4 is 22.4 Å². The van der Waals surface area contributed by atoms with Crippen LogP contribution in [-0.4, -0.2) is 38.4 Å². The Hall–Kier alpha value is -3.59. The average Bonchev–Trinajstić information content (AvgIpc) is 3.33. The fourth-order valence-corrected chi connectivity index (χ4v) is 5.05. The first-order valence-corrected chi connectivity index (χ1v) is 11.8. The molecule has 0 atom stereocenters. The lowest BCUT2D eigenvalue weighted by atomic mass is 10.1. The van der Waals surface area contributed by atoms with Gasteiger partial charge in [-0.15, -0.1) is 11.3 Å². The number of aromatic nitrogens is 3. The van der Waals surface area contributed by atoms with Gasteiger partial charge in [0.05, 0.1) is 11.4 Å². The van der Waals surface area contributed by atoms with E-state index in [-0.39, 0.29) is 24.1 Å². The van der Waals surface area contributed by atoms with Gasteiger partial charge in [0.25, 0.3) is 0 Å². The average molecular weight is 480 g/mol. The standard InChI is InChI=1S/C25H23F2N5OS/c1-15-12-17(4-7-19(15)27)21-13-32(24(29-21)16-2-5-18(26)6-3-16)14-23(33)31-10-8-20-22(9-11-31)34-25(28)30-20/h2-7,12-13H,8-11,14H2,1H3,(H2,28,30). The molecule has 2 aromatic carbocycles. The van der Waals surface area contributed by atoms with E-state index in [2.05, 4.69) is 4.98 Å². The van der Waals surface area contributed by atoms with Crippen molar-refractivity contribution in [2.24, 2.45) is 0 Å². The Kier molecular flexibility index (Phi) is 5.87. The molecule has 5 rings (SSSR count). The highest BCUT2D eigenvalue weighted by molar-refractivity contribution is 7.15. The van der Waals surface area contributed by atoms with Crippen LogP contribution in [0.1, 0.15) is 16.1 Å². The van der Waals surface area contributed by atoms with Crippen LogP contribution in [0.25, 0.3) is 22.6 Å². The largest absolute Gasteiger partial charge is 0.375 e. The van der Waals surface area contributed by atoms with Gasteiger partial charge in [-0.05, 0) is 55.0 Å². The van der Waals surface area contributed by atoms with Crippen molar-refractivity contribution in [3.8, 4) is 22.6 Å². The monoisotopic (exact) mass is 479 g/mol. The third-order valence-corrected chi connectivity index (χ3v) is 7.00. The second kappa shape index (κ2) is 8.98. The minimum Gasteiger partial charge on any atom is -0.375 e. The zero-order chi connectivity index (χ0) is 23.8. The van der Waals surface area contributed by atoms with E-state index in [0.29, 0.717) is 47.3 Å². The lowest BCUT2D eigenvalue weighted by Gasteiger charge is -2.21. The summed E-state index contributed by atoms with van der Waals surface area (Å²) in [6.45, 7) is 2.95. The van der Waals surface area contributed by atoms with Crippen LogP contribution in [0.3, 0.4) is 0 Å². The maximum atomic E-state index is 13.8. The fraction of sp³-hybridized carbons (Fsp3) is 0.240. The lowest BCUT2D eigenvalue weighted by molar-refractivity contribution is -0.131. The van der Waals surface area contributed by atoms with Crippen LogP contribution in [0, 0.1) is 18.6 Å². The number of rotatable bonds is 4. The van der Waals surface area contributed by atoms with E-state index in [1.165, 1.54) is 29.5 Å². The molecule has 1 amide bonds. The molecule has 0 saturated carbocycles. The SMILES string of the molecule is Cc1cc(-c2cn(CC(=O)N3CCc4nc(N)sc4CC3)c(-c3ccc(F)cc3)n2)ccc1F. The number of thiazole rings is 1. The molecule has 4 aromatic rings. The third-order valence-electron chi connectivity index (χ3n) is 6.01. The van der Waals surface area contributed by atoms with E-state index in [1.54, 1.807) is 42.0 Å². The number of carbonyl (C=O) groups is 1. The highest BCUT2D eigenvalue weighted by atomic mass is 32.1. The Morgan fingerprint density at radius 2 is 1.79 bits per heavy atom. The Labute approximate surface area is 199 Å². The van der Waals surface area contributed by atoms with Crippen LogP contribution in [0.4, 0.5) is 13.9 Å². The zero-order valence-electron chi connectivity index (χ0n) is 18.6. The van der Waals surface area contributed by atoms with Crippen molar-refractivity contribution in [3.63, 3.8) is 0 Å². The first kappa shape index (κ1) is 22.2. The Bertz CT molecular complexity index is 1340. The van der Waals surface area contributed by atoms with Gasteiger partial charge in [-0.3, -0.25) is 4.79 Å². The summed E-state index contributed by atoms with van der Waals surface area (Å²) in [7, 11) is 0. The van der Waals surface area contributed by atoms with Crippen molar-refractivity contribution in [2.45, 2.75) is 26.3 Å². The summed E-state index contributed by atoms with van der Waals surface area (Å²) >= 11 is 1.48. The quantitative estimate of drug-likeness (QED) is 0.469. The van der Waals surface area contributed by atoms with Crippen molar-refractivity contribution in [3.05, 3.63) is 76.4 Å². The number of carbonyl (C=O) groups excluding carboxylic acids is 1. The summed E-state index contributed by atoms with van der Waals surface area (Å²) in [6, 6.07) is 10.8. The van der Waals surface area contributed by atoms with Crippen molar-refractivity contribution in [2.75, 3.05) is 18.8 Å². The molecule has 0 radical (unpaired) electrons. The molecule has 0 aliphatic carbocycles. The van der Waals surface area contributed by atoms with Crippen molar-refractivity contribution in [1.29, 1.82) is 0 Å². The topological polar surface area (TPSA) is 77.0 Å². The molecule has 1 aliphatic rings. The van der Waals surface area contributed by atoms with Gasteiger partial charge in [0.1, 0.15) is 24.0 Å². The highest BCUT2D eigenvalue weighted by Crippen LogP contribution is 2.28. The summed E-state index contributed by atoms with van der Waals surface area (Å²) in [4.78, 5) is 25.4. The minimum atomic E-state index is -0.349.